The second kappa shape index (κ2) is 12.1. The van der Waals surface area contributed by atoms with E-state index in [0.29, 0.717) is 19.6 Å². The van der Waals surface area contributed by atoms with Gasteiger partial charge in [-0.05, 0) is 0 Å². The van der Waals surface area contributed by atoms with E-state index in [0.717, 1.165) is 5.32 Å². The Morgan fingerprint density at radius 2 is 1.63 bits per heavy atom. The van der Waals surface area contributed by atoms with Gasteiger partial charge in [0, 0.05) is 0 Å². The van der Waals surface area contributed by atoms with E-state index in [9.17, 15) is 4.79 Å². The standard InChI is InChI=1S/C15H26N2OSe/c1-5-9-10-14-19-17(13-8-4)15(18)16(11-6-2)12-7-3/h6-8H,2-5,9-14H2,1H3. The molecule has 108 valence electrons. The van der Waals surface area contributed by atoms with E-state index in [4.69, 9.17) is 0 Å². The molecule has 0 aliphatic carbocycles. The van der Waals surface area contributed by atoms with Crippen LogP contribution in [0.4, 0.5) is 4.79 Å². The molecule has 0 rings (SSSR count). The zero-order valence-electron chi connectivity index (χ0n) is 12.0. The average molecular weight is 329 g/mol. The summed E-state index contributed by atoms with van der Waals surface area (Å²) in [5.74, 6) is 0. The zero-order valence-corrected chi connectivity index (χ0v) is 13.7. The summed E-state index contributed by atoms with van der Waals surface area (Å²) < 4.78 is 1.91. The Morgan fingerprint density at radius 3 is 2.11 bits per heavy atom. The van der Waals surface area contributed by atoms with Gasteiger partial charge in [-0.2, -0.15) is 0 Å². The summed E-state index contributed by atoms with van der Waals surface area (Å²) in [4.78, 5) is 14.2. The van der Waals surface area contributed by atoms with Crippen LogP contribution in [0.15, 0.2) is 38.0 Å². The molecule has 0 atom stereocenters. The van der Waals surface area contributed by atoms with Crippen LogP contribution in [0.1, 0.15) is 26.2 Å². The molecule has 0 spiro atoms. The van der Waals surface area contributed by atoms with Gasteiger partial charge in [0.2, 0.25) is 0 Å². The third kappa shape index (κ3) is 7.91. The van der Waals surface area contributed by atoms with Crippen LogP contribution in [-0.2, 0) is 0 Å². The summed E-state index contributed by atoms with van der Waals surface area (Å²) in [7, 11) is 0. The van der Waals surface area contributed by atoms with Gasteiger partial charge < -0.3 is 0 Å². The van der Waals surface area contributed by atoms with Gasteiger partial charge in [0.1, 0.15) is 0 Å². The molecule has 0 aromatic carbocycles. The molecule has 0 fully saturated rings. The molecular weight excluding hydrogens is 303 g/mol. The van der Waals surface area contributed by atoms with Crippen molar-refractivity contribution >= 4 is 21.2 Å². The predicted molar refractivity (Wildman–Crippen MR) is 84.4 cm³/mol. The van der Waals surface area contributed by atoms with E-state index in [1.807, 2.05) is 3.92 Å². The van der Waals surface area contributed by atoms with E-state index in [-0.39, 0.29) is 21.2 Å². The average Bonchev–Trinajstić information content (AvgIpc) is 2.41. The number of unbranched alkanes of at least 4 members (excludes halogenated alkanes) is 2. The summed E-state index contributed by atoms with van der Waals surface area (Å²) in [6.45, 7) is 15.1. The van der Waals surface area contributed by atoms with Gasteiger partial charge in [-0.1, -0.05) is 0 Å². The zero-order chi connectivity index (χ0) is 14.5. The quantitative estimate of drug-likeness (QED) is 0.323. The maximum absolute atomic E-state index is 12.4. The van der Waals surface area contributed by atoms with Crippen molar-refractivity contribution in [3.8, 4) is 0 Å². The first kappa shape index (κ1) is 18.0. The van der Waals surface area contributed by atoms with Gasteiger partial charge in [-0.25, -0.2) is 0 Å². The summed E-state index contributed by atoms with van der Waals surface area (Å²) in [6, 6.07) is 0.0659. The fourth-order valence-electron chi connectivity index (χ4n) is 1.53. The SMILES string of the molecule is C=CCN(CC=C)C(=O)N(CC=C)[Se]CCCCC. The minimum atomic E-state index is 0.0659. The number of rotatable bonds is 11. The maximum atomic E-state index is 12.4. The van der Waals surface area contributed by atoms with Crippen molar-refractivity contribution in [1.82, 2.24) is 8.82 Å². The van der Waals surface area contributed by atoms with Gasteiger partial charge in [0.05, 0.1) is 0 Å². The number of amides is 2. The number of carbonyl (C=O) groups is 1. The topological polar surface area (TPSA) is 23.6 Å². The van der Waals surface area contributed by atoms with Gasteiger partial charge in [0.15, 0.2) is 0 Å². The molecule has 0 saturated carbocycles. The summed E-state index contributed by atoms with van der Waals surface area (Å²) in [5, 5.41) is 1.11. The number of nitrogens with zero attached hydrogens (tertiary/aromatic N) is 2. The fourth-order valence-corrected chi connectivity index (χ4v) is 3.61. The van der Waals surface area contributed by atoms with Crippen LogP contribution in [0.3, 0.4) is 0 Å². The molecule has 19 heavy (non-hydrogen) atoms. The minimum absolute atomic E-state index is 0.0659. The monoisotopic (exact) mass is 330 g/mol. The molecule has 2 amide bonds. The molecule has 0 bridgehead atoms. The number of carbonyl (C=O) groups excluding carboxylic acids is 1. The van der Waals surface area contributed by atoms with Crippen LogP contribution in [0.25, 0.3) is 0 Å². The first-order chi connectivity index (χ1) is 9.21. The van der Waals surface area contributed by atoms with Crippen LogP contribution >= 0.6 is 0 Å². The number of hydrogen-bond donors (Lipinski definition) is 0. The van der Waals surface area contributed by atoms with E-state index in [1.54, 1.807) is 23.1 Å². The van der Waals surface area contributed by atoms with Crippen molar-refractivity contribution in [2.75, 3.05) is 19.6 Å². The Hall–Kier alpha value is -0.991. The van der Waals surface area contributed by atoms with E-state index in [1.165, 1.54) is 19.3 Å². The number of hydrogen-bond acceptors (Lipinski definition) is 1. The van der Waals surface area contributed by atoms with Crippen molar-refractivity contribution in [3.63, 3.8) is 0 Å². The van der Waals surface area contributed by atoms with Crippen LogP contribution < -0.4 is 0 Å². The van der Waals surface area contributed by atoms with E-state index in [2.05, 4.69) is 26.7 Å². The Labute approximate surface area is 124 Å². The normalized spacial score (nSPS) is 9.74. The Bertz CT molecular complexity index is 282. The van der Waals surface area contributed by atoms with Gasteiger partial charge >= 0.3 is 124 Å². The van der Waals surface area contributed by atoms with Crippen molar-refractivity contribution in [2.45, 2.75) is 31.5 Å². The van der Waals surface area contributed by atoms with Crippen molar-refractivity contribution in [2.24, 2.45) is 0 Å². The molecule has 0 aliphatic heterocycles. The van der Waals surface area contributed by atoms with Crippen LogP contribution in [0.2, 0.25) is 5.32 Å². The fraction of sp³-hybridized carbons (Fsp3) is 0.533. The molecule has 0 unspecified atom stereocenters. The molecule has 0 aliphatic rings. The van der Waals surface area contributed by atoms with E-state index >= 15 is 0 Å². The molecule has 0 N–H and O–H groups in total. The Kier molecular flexibility index (Phi) is 11.4. The molecule has 4 heteroatoms. The molecule has 0 aromatic rings. The summed E-state index contributed by atoms with van der Waals surface area (Å²) in [5.41, 5.74) is 0. The summed E-state index contributed by atoms with van der Waals surface area (Å²) >= 11 is 0.195. The van der Waals surface area contributed by atoms with Crippen molar-refractivity contribution in [1.29, 1.82) is 0 Å². The summed E-state index contributed by atoms with van der Waals surface area (Å²) in [6.07, 6.45) is 8.93. The molecular formula is C15H26N2OSe. The molecule has 0 heterocycles. The number of urea groups is 1. The van der Waals surface area contributed by atoms with Crippen molar-refractivity contribution < 1.29 is 4.79 Å². The van der Waals surface area contributed by atoms with Gasteiger partial charge in [-0.3, -0.25) is 0 Å². The third-order valence-electron chi connectivity index (χ3n) is 2.47. The Morgan fingerprint density at radius 1 is 1.05 bits per heavy atom. The molecule has 0 radical (unpaired) electrons. The second-order valence-electron chi connectivity index (χ2n) is 4.15. The first-order valence-corrected chi connectivity index (χ1v) is 8.71. The van der Waals surface area contributed by atoms with E-state index < -0.39 is 0 Å². The van der Waals surface area contributed by atoms with Crippen LogP contribution in [-0.4, -0.2) is 49.7 Å². The second-order valence-corrected chi connectivity index (χ2v) is 6.48. The molecule has 0 aromatic heterocycles. The van der Waals surface area contributed by atoms with Crippen molar-refractivity contribution in [3.05, 3.63) is 38.0 Å². The molecule has 3 nitrogen and oxygen atoms in total. The van der Waals surface area contributed by atoms with Gasteiger partial charge in [0.25, 0.3) is 0 Å². The third-order valence-corrected chi connectivity index (χ3v) is 4.76. The predicted octanol–water partition coefficient (Wildman–Crippen LogP) is 3.50. The molecule has 0 saturated heterocycles. The van der Waals surface area contributed by atoms with Crippen LogP contribution in [0.5, 0.6) is 0 Å². The first-order valence-electron chi connectivity index (χ1n) is 6.73. The Balaban J connectivity index is 4.45. The van der Waals surface area contributed by atoms with Crippen LogP contribution in [0, 0.1) is 0 Å². The van der Waals surface area contributed by atoms with Gasteiger partial charge in [-0.15, -0.1) is 0 Å².